The maximum Gasteiger partial charge on any atom is 0.242 e. The minimum atomic E-state index is -3.59. The monoisotopic (exact) mass is 349 g/mol. The minimum Gasteiger partial charge on any atom is -0.207 e. The average Bonchev–Trinajstić information content (AvgIpc) is 2.84. The summed E-state index contributed by atoms with van der Waals surface area (Å²) >= 11 is 0. The normalized spacial score (nSPS) is 21.0. The van der Waals surface area contributed by atoms with Crippen LogP contribution in [0.4, 0.5) is 0 Å². The lowest BCUT2D eigenvalue weighted by molar-refractivity contribution is 0.552. The molecule has 1 atom stereocenters. The summed E-state index contributed by atoms with van der Waals surface area (Å²) in [4.78, 5) is 0.345. The van der Waals surface area contributed by atoms with E-state index in [9.17, 15) is 8.42 Å². The Morgan fingerprint density at radius 1 is 0.760 bits per heavy atom. The summed E-state index contributed by atoms with van der Waals surface area (Å²) in [7, 11) is -3.59. The minimum absolute atomic E-state index is 0.345. The van der Waals surface area contributed by atoms with Crippen LogP contribution < -0.4 is 4.72 Å². The molecule has 0 saturated carbocycles. The van der Waals surface area contributed by atoms with Crippen molar-refractivity contribution in [2.24, 2.45) is 0 Å². The zero-order valence-corrected chi connectivity index (χ0v) is 15.0. The maximum absolute atomic E-state index is 12.9. The largest absolute Gasteiger partial charge is 0.242 e. The highest BCUT2D eigenvalue weighted by Gasteiger charge is 2.48. The van der Waals surface area contributed by atoms with E-state index in [2.05, 4.69) is 22.9 Å². The fourth-order valence-electron chi connectivity index (χ4n) is 3.80. The molecule has 1 N–H and O–H groups in total. The fraction of sp³-hybridized carbons (Fsp3) is 0.143. The van der Waals surface area contributed by atoms with Gasteiger partial charge in [0.15, 0.2) is 0 Å². The van der Waals surface area contributed by atoms with E-state index in [1.165, 1.54) is 0 Å². The Bertz CT molecular complexity index is 1040. The summed E-state index contributed by atoms with van der Waals surface area (Å²) in [6, 6.07) is 23.2. The molecule has 3 nitrogen and oxygen atoms in total. The van der Waals surface area contributed by atoms with Crippen molar-refractivity contribution in [3.05, 3.63) is 101 Å². The zero-order chi connectivity index (χ0) is 17.7. The van der Waals surface area contributed by atoms with E-state index in [0.717, 1.165) is 27.8 Å². The summed E-state index contributed by atoms with van der Waals surface area (Å²) in [6.07, 6.45) is 0. The van der Waals surface area contributed by atoms with Gasteiger partial charge in [-0.15, -0.1) is 0 Å². The van der Waals surface area contributed by atoms with Crippen molar-refractivity contribution >= 4 is 10.0 Å². The molecule has 3 aromatic carbocycles. The number of hydrogen-bond donors (Lipinski definition) is 1. The van der Waals surface area contributed by atoms with Crippen LogP contribution in [0.5, 0.6) is 0 Å². The van der Waals surface area contributed by atoms with Crippen LogP contribution in [-0.4, -0.2) is 8.42 Å². The molecule has 0 aliphatic carbocycles. The van der Waals surface area contributed by atoms with E-state index < -0.39 is 15.6 Å². The van der Waals surface area contributed by atoms with E-state index >= 15 is 0 Å². The summed E-state index contributed by atoms with van der Waals surface area (Å²) in [5.74, 6) is 0. The number of rotatable bonds is 2. The van der Waals surface area contributed by atoms with E-state index in [-0.39, 0.29) is 0 Å². The van der Waals surface area contributed by atoms with E-state index in [0.29, 0.717) is 4.90 Å². The highest BCUT2D eigenvalue weighted by atomic mass is 32.2. The Kier molecular flexibility index (Phi) is 3.56. The molecular weight excluding hydrogens is 330 g/mol. The van der Waals surface area contributed by atoms with Crippen molar-refractivity contribution in [2.45, 2.75) is 24.3 Å². The fourth-order valence-corrected chi connectivity index (χ4v) is 5.42. The highest BCUT2D eigenvalue weighted by Crippen LogP contribution is 2.45. The molecule has 1 aliphatic rings. The molecule has 0 spiro atoms. The average molecular weight is 349 g/mol. The first-order chi connectivity index (χ1) is 11.9. The Hall–Kier alpha value is -2.43. The second-order valence-corrected chi connectivity index (χ2v) is 8.24. The van der Waals surface area contributed by atoms with Gasteiger partial charge in [-0.2, -0.15) is 4.72 Å². The van der Waals surface area contributed by atoms with Crippen molar-refractivity contribution in [1.29, 1.82) is 0 Å². The number of aryl methyl sites for hydroxylation is 2. The van der Waals surface area contributed by atoms with E-state index in [4.69, 9.17) is 0 Å². The number of nitrogens with one attached hydrogen (secondary N) is 1. The third-order valence-electron chi connectivity index (χ3n) is 4.73. The first-order valence-corrected chi connectivity index (χ1v) is 9.69. The van der Waals surface area contributed by atoms with Crippen molar-refractivity contribution in [3.63, 3.8) is 0 Å². The van der Waals surface area contributed by atoms with Crippen molar-refractivity contribution in [3.8, 4) is 0 Å². The molecule has 4 rings (SSSR count). The van der Waals surface area contributed by atoms with Crippen molar-refractivity contribution < 1.29 is 8.42 Å². The topological polar surface area (TPSA) is 46.2 Å². The Morgan fingerprint density at radius 2 is 1.36 bits per heavy atom. The molecule has 126 valence electrons. The number of sulfonamides is 1. The van der Waals surface area contributed by atoms with Gasteiger partial charge in [0.05, 0.1) is 4.90 Å². The molecule has 0 unspecified atom stereocenters. The van der Waals surface area contributed by atoms with E-state index in [1.54, 1.807) is 12.1 Å². The van der Waals surface area contributed by atoms with E-state index in [1.807, 2.05) is 56.3 Å². The standard InChI is InChI=1S/C21H19NO2S/c1-15-12-16(2)14-18(13-15)21(17-8-4-3-5-9-17)19-10-6-7-11-20(19)25(23,24)22-21/h3-14,22H,1-2H3/t21-/m1/s1. The van der Waals surface area contributed by atoms with Crippen LogP contribution >= 0.6 is 0 Å². The van der Waals surface area contributed by atoms with Gasteiger partial charge >= 0.3 is 0 Å². The smallest absolute Gasteiger partial charge is 0.207 e. The summed E-state index contributed by atoms with van der Waals surface area (Å²) < 4.78 is 28.7. The van der Waals surface area contributed by atoms with Crippen LogP contribution in [0.2, 0.25) is 0 Å². The lowest BCUT2D eigenvalue weighted by atomic mass is 9.77. The molecule has 25 heavy (non-hydrogen) atoms. The van der Waals surface area contributed by atoms with Crippen LogP contribution in [0.15, 0.2) is 77.7 Å². The Balaban J connectivity index is 2.13. The maximum atomic E-state index is 12.9. The van der Waals surface area contributed by atoms with Crippen LogP contribution in [0, 0.1) is 13.8 Å². The zero-order valence-electron chi connectivity index (χ0n) is 14.2. The van der Waals surface area contributed by atoms with Crippen molar-refractivity contribution in [2.75, 3.05) is 0 Å². The number of fused-ring (bicyclic) bond motifs is 1. The van der Waals surface area contributed by atoms with Gasteiger partial charge in [-0.05, 0) is 31.0 Å². The predicted octanol–water partition coefficient (Wildman–Crippen LogP) is 3.89. The predicted molar refractivity (Wildman–Crippen MR) is 99.0 cm³/mol. The van der Waals surface area contributed by atoms with Crippen LogP contribution in [0.1, 0.15) is 27.8 Å². The van der Waals surface area contributed by atoms with Gasteiger partial charge in [0.2, 0.25) is 10.0 Å². The molecule has 3 aromatic rings. The Labute approximate surface area is 148 Å². The summed E-state index contributed by atoms with van der Waals surface area (Å²) in [5, 5.41) is 0. The Morgan fingerprint density at radius 3 is 2.04 bits per heavy atom. The van der Waals surface area contributed by atoms with Gasteiger partial charge in [-0.25, -0.2) is 8.42 Å². The van der Waals surface area contributed by atoms with Gasteiger partial charge in [-0.3, -0.25) is 0 Å². The quantitative estimate of drug-likeness (QED) is 0.763. The molecule has 0 amide bonds. The number of hydrogen-bond acceptors (Lipinski definition) is 2. The first kappa shape index (κ1) is 16.1. The van der Waals surface area contributed by atoms with Crippen LogP contribution in [0.25, 0.3) is 0 Å². The SMILES string of the molecule is Cc1cc(C)cc([C@@]2(c3ccccc3)NS(=O)(=O)c3ccccc32)c1. The summed E-state index contributed by atoms with van der Waals surface area (Å²) in [6.45, 7) is 4.06. The second-order valence-electron chi connectivity index (χ2n) is 6.59. The van der Waals surface area contributed by atoms with Crippen LogP contribution in [0.3, 0.4) is 0 Å². The molecule has 0 saturated heterocycles. The molecule has 0 bridgehead atoms. The van der Waals surface area contributed by atoms with Gasteiger partial charge in [0, 0.05) is 5.56 Å². The molecule has 4 heteroatoms. The van der Waals surface area contributed by atoms with Gasteiger partial charge in [0.25, 0.3) is 0 Å². The molecule has 0 fully saturated rings. The molecule has 0 radical (unpaired) electrons. The molecule has 1 aliphatic heterocycles. The highest BCUT2D eigenvalue weighted by molar-refractivity contribution is 7.90. The molecule has 0 aromatic heterocycles. The first-order valence-electron chi connectivity index (χ1n) is 8.21. The lowest BCUT2D eigenvalue weighted by Gasteiger charge is -2.31. The second kappa shape index (κ2) is 5.55. The number of benzene rings is 3. The van der Waals surface area contributed by atoms with Crippen LogP contribution in [-0.2, 0) is 15.6 Å². The third-order valence-corrected chi connectivity index (χ3v) is 6.24. The van der Waals surface area contributed by atoms with Gasteiger partial charge < -0.3 is 0 Å². The summed E-state index contributed by atoms with van der Waals surface area (Å²) in [5.41, 5.74) is 3.92. The van der Waals surface area contributed by atoms with Gasteiger partial charge in [-0.1, -0.05) is 77.9 Å². The van der Waals surface area contributed by atoms with Gasteiger partial charge in [0.1, 0.15) is 5.54 Å². The molecule has 1 heterocycles. The lowest BCUT2D eigenvalue weighted by Crippen LogP contribution is -2.41. The third kappa shape index (κ3) is 2.41. The van der Waals surface area contributed by atoms with Crippen molar-refractivity contribution in [1.82, 2.24) is 4.72 Å². The molecular formula is C21H19NO2S.